The Kier molecular flexibility index (Phi) is 5.73. The van der Waals surface area contributed by atoms with Crippen molar-refractivity contribution in [3.8, 4) is 0 Å². The maximum Gasteiger partial charge on any atom is 0.227 e. The number of ketones is 1. The van der Waals surface area contributed by atoms with Crippen LogP contribution in [0.15, 0.2) is 63.4 Å². The monoisotopic (exact) mass is 522 g/mol. The number of aromatic nitrogens is 3. The number of halogens is 1. The van der Waals surface area contributed by atoms with Gasteiger partial charge in [-0.15, -0.1) is 5.10 Å². The summed E-state index contributed by atoms with van der Waals surface area (Å²) in [5, 5.41) is 9.04. The number of allylic oxidation sites excluding steroid dienone is 2. The molecule has 0 saturated heterocycles. The van der Waals surface area contributed by atoms with Gasteiger partial charge in [-0.3, -0.25) is 4.79 Å². The Morgan fingerprint density at radius 3 is 2.67 bits per heavy atom. The fraction of sp³-hybridized carbons (Fsp3) is 0.346. The van der Waals surface area contributed by atoms with Gasteiger partial charge in [0.1, 0.15) is 6.04 Å². The molecule has 3 aromatic rings. The first-order valence-corrected chi connectivity index (χ1v) is 12.9. The van der Waals surface area contributed by atoms with Crippen molar-refractivity contribution in [1.82, 2.24) is 14.8 Å². The van der Waals surface area contributed by atoms with Crippen molar-refractivity contribution in [1.29, 1.82) is 0 Å². The van der Waals surface area contributed by atoms with Crippen LogP contribution in [0.1, 0.15) is 55.0 Å². The zero-order valence-corrected chi connectivity index (χ0v) is 21.7. The van der Waals surface area contributed by atoms with E-state index in [1.807, 2.05) is 16.8 Å². The van der Waals surface area contributed by atoms with E-state index in [-0.39, 0.29) is 17.2 Å². The fourth-order valence-corrected chi connectivity index (χ4v) is 5.86. The van der Waals surface area contributed by atoms with Gasteiger partial charge in [-0.05, 0) is 54.5 Å². The summed E-state index contributed by atoms with van der Waals surface area (Å²) >= 11 is 5.15. The molecule has 0 fully saturated rings. The van der Waals surface area contributed by atoms with Crippen molar-refractivity contribution in [2.45, 2.75) is 57.5 Å². The molecule has 0 radical (unpaired) electrons. The number of rotatable bonds is 4. The third kappa shape index (κ3) is 4.41. The van der Waals surface area contributed by atoms with Crippen molar-refractivity contribution < 1.29 is 4.79 Å². The Balaban J connectivity index is 1.52. The molecule has 0 amide bonds. The minimum absolute atomic E-state index is 0.0738. The molecule has 0 bridgehead atoms. The Bertz CT molecular complexity index is 1280. The number of hydrogen-bond acceptors (Lipinski definition) is 5. The zero-order valence-electron chi connectivity index (χ0n) is 19.3. The molecule has 1 aliphatic carbocycles. The molecule has 7 heteroatoms. The van der Waals surface area contributed by atoms with Gasteiger partial charge in [-0.2, -0.15) is 4.98 Å². The summed E-state index contributed by atoms with van der Waals surface area (Å²) in [5.41, 5.74) is 6.58. The highest BCUT2D eigenvalue weighted by molar-refractivity contribution is 9.10. The third-order valence-corrected chi connectivity index (χ3v) is 7.77. The van der Waals surface area contributed by atoms with E-state index in [2.05, 4.69) is 79.3 Å². The first-order valence-electron chi connectivity index (χ1n) is 11.1. The van der Waals surface area contributed by atoms with E-state index in [1.54, 1.807) is 11.8 Å². The largest absolute Gasteiger partial charge is 0.328 e. The van der Waals surface area contributed by atoms with Gasteiger partial charge in [0.25, 0.3) is 0 Å². The maximum atomic E-state index is 13.3. The lowest BCUT2D eigenvalue weighted by Crippen LogP contribution is -2.36. The summed E-state index contributed by atoms with van der Waals surface area (Å²) < 4.78 is 2.90. The van der Waals surface area contributed by atoms with E-state index in [1.165, 1.54) is 16.7 Å². The molecule has 5 nitrogen and oxygen atoms in total. The van der Waals surface area contributed by atoms with E-state index >= 15 is 0 Å². The maximum absolute atomic E-state index is 13.3. The number of Topliss-reactive ketones (excluding diaryl/α,β-unsaturated/α-hetero) is 1. The number of thioether (sulfide) groups is 1. The van der Waals surface area contributed by atoms with Gasteiger partial charge in [0.15, 0.2) is 5.78 Å². The zero-order chi connectivity index (χ0) is 23.3. The number of aryl methyl sites for hydroxylation is 2. The van der Waals surface area contributed by atoms with E-state index in [9.17, 15) is 4.79 Å². The molecular formula is C26H27BrN4OS. The number of hydrogen-bond donors (Lipinski definition) is 1. The van der Waals surface area contributed by atoms with Crippen LogP contribution in [0.5, 0.6) is 0 Å². The normalized spacial score (nSPS) is 19.2. The standard InChI is InChI=1S/C26H27BrN4OS/c1-15-5-6-16(2)18(11-15)14-33-25-29-24-28-20-12-26(3,4)13-21(32)22(20)23(31(24)30-25)17-7-9-19(27)10-8-17/h5-11,23H,12-14H2,1-4H3,(H,28,29,30)/t23-/m0/s1. The van der Waals surface area contributed by atoms with E-state index in [0.717, 1.165) is 33.5 Å². The summed E-state index contributed by atoms with van der Waals surface area (Å²) in [6, 6.07) is 14.4. The van der Waals surface area contributed by atoms with Crippen molar-refractivity contribution >= 4 is 39.4 Å². The Morgan fingerprint density at radius 1 is 1.15 bits per heavy atom. The quantitative estimate of drug-likeness (QED) is 0.390. The van der Waals surface area contributed by atoms with Crippen molar-refractivity contribution in [3.05, 3.63) is 80.5 Å². The number of anilines is 1. The lowest BCUT2D eigenvalue weighted by molar-refractivity contribution is -0.118. The number of nitrogens with one attached hydrogen (secondary N) is 1. The minimum Gasteiger partial charge on any atom is -0.328 e. The van der Waals surface area contributed by atoms with Crippen LogP contribution in [0.2, 0.25) is 0 Å². The summed E-state index contributed by atoms with van der Waals surface area (Å²) in [6.07, 6.45) is 1.36. The predicted molar refractivity (Wildman–Crippen MR) is 136 cm³/mol. The second kappa shape index (κ2) is 8.44. The molecule has 1 N–H and O–H groups in total. The Hall–Kier alpha value is -2.38. The Morgan fingerprint density at radius 2 is 1.91 bits per heavy atom. The molecule has 1 aliphatic heterocycles. The molecule has 0 saturated carbocycles. The van der Waals surface area contributed by atoms with Crippen LogP contribution in [0, 0.1) is 19.3 Å². The average molecular weight is 524 g/mol. The first-order chi connectivity index (χ1) is 15.7. The Labute approximate surface area is 207 Å². The molecule has 1 atom stereocenters. The lowest BCUT2D eigenvalue weighted by Gasteiger charge is -2.38. The molecule has 0 unspecified atom stereocenters. The van der Waals surface area contributed by atoms with Crippen molar-refractivity contribution in [2.75, 3.05) is 5.32 Å². The second-order valence-corrected chi connectivity index (χ2v) is 11.7. The van der Waals surface area contributed by atoms with Crippen LogP contribution in [0.3, 0.4) is 0 Å². The van der Waals surface area contributed by atoms with Crippen LogP contribution in [-0.2, 0) is 10.5 Å². The highest BCUT2D eigenvalue weighted by Gasteiger charge is 2.41. The molecule has 170 valence electrons. The molecule has 2 heterocycles. The van der Waals surface area contributed by atoms with Crippen molar-refractivity contribution in [2.24, 2.45) is 5.41 Å². The van der Waals surface area contributed by atoms with E-state index in [0.29, 0.717) is 17.5 Å². The van der Waals surface area contributed by atoms with Gasteiger partial charge in [-0.25, -0.2) is 4.68 Å². The fourth-order valence-electron chi connectivity index (χ4n) is 4.70. The van der Waals surface area contributed by atoms with Gasteiger partial charge in [-0.1, -0.05) is 77.4 Å². The molecule has 0 spiro atoms. The lowest BCUT2D eigenvalue weighted by atomic mass is 9.73. The molecule has 2 aliphatic rings. The first kappa shape index (κ1) is 22.4. The van der Waals surface area contributed by atoms with Crippen LogP contribution < -0.4 is 5.32 Å². The average Bonchev–Trinajstić information content (AvgIpc) is 3.15. The highest BCUT2D eigenvalue weighted by atomic mass is 79.9. The number of fused-ring (bicyclic) bond motifs is 1. The van der Waals surface area contributed by atoms with Gasteiger partial charge in [0, 0.05) is 27.9 Å². The van der Waals surface area contributed by atoms with Gasteiger partial charge >= 0.3 is 0 Å². The summed E-state index contributed by atoms with van der Waals surface area (Å²) in [6.45, 7) is 8.55. The van der Waals surface area contributed by atoms with Gasteiger partial charge < -0.3 is 5.32 Å². The van der Waals surface area contributed by atoms with Crippen LogP contribution in [-0.4, -0.2) is 20.5 Å². The van der Waals surface area contributed by atoms with Crippen LogP contribution in [0.4, 0.5) is 5.95 Å². The van der Waals surface area contributed by atoms with Crippen LogP contribution >= 0.6 is 27.7 Å². The van der Waals surface area contributed by atoms with Crippen molar-refractivity contribution in [3.63, 3.8) is 0 Å². The second-order valence-electron chi connectivity index (χ2n) is 9.79. The number of carbonyl (C=O) groups is 1. The van der Waals surface area contributed by atoms with Gasteiger partial charge in [0.2, 0.25) is 11.1 Å². The molecule has 1 aromatic heterocycles. The van der Waals surface area contributed by atoms with Gasteiger partial charge in [0.05, 0.1) is 0 Å². The third-order valence-electron chi connectivity index (χ3n) is 6.36. The predicted octanol–water partition coefficient (Wildman–Crippen LogP) is 6.61. The highest BCUT2D eigenvalue weighted by Crippen LogP contribution is 2.45. The summed E-state index contributed by atoms with van der Waals surface area (Å²) in [4.78, 5) is 18.1. The summed E-state index contributed by atoms with van der Waals surface area (Å²) in [5.74, 6) is 1.70. The smallest absolute Gasteiger partial charge is 0.227 e. The molecular weight excluding hydrogens is 496 g/mol. The molecule has 2 aromatic carbocycles. The van der Waals surface area contributed by atoms with E-state index in [4.69, 9.17) is 10.1 Å². The SMILES string of the molecule is Cc1ccc(C)c(CSc2nc3n(n2)[C@@H](c2ccc(Br)cc2)C2=C(CC(C)(C)CC2=O)N3)c1. The molecule has 5 rings (SSSR count). The number of benzene rings is 2. The van der Waals surface area contributed by atoms with Crippen LogP contribution in [0.25, 0.3) is 0 Å². The van der Waals surface area contributed by atoms with E-state index < -0.39 is 0 Å². The topological polar surface area (TPSA) is 59.8 Å². The molecule has 33 heavy (non-hydrogen) atoms. The minimum atomic E-state index is -0.268. The number of nitrogens with zero attached hydrogens (tertiary/aromatic N) is 3. The summed E-state index contributed by atoms with van der Waals surface area (Å²) in [7, 11) is 0. The number of carbonyl (C=O) groups excluding carboxylic acids is 1.